The summed E-state index contributed by atoms with van der Waals surface area (Å²) in [6.45, 7) is 0. The minimum absolute atomic E-state index is 0.819. The van der Waals surface area contributed by atoms with E-state index in [0.29, 0.717) is 0 Å². The molecular weight excluding hydrogens is 196 g/mol. The molecule has 1 nitrogen and oxygen atoms in total. The second-order valence-electron chi connectivity index (χ2n) is 4.08. The van der Waals surface area contributed by atoms with Crippen LogP contribution in [-0.4, -0.2) is 6.29 Å². The molecule has 0 saturated heterocycles. The van der Waals surface area contributed by atoms with Crippen molar-refractivity contribution < 1.29 is 4.79 Å². The van der Waals surface area contributed by atoms with Gasteiger partial charge >= 0.3 is 0 Å². The van der Waals surface area contributed by atoms with Crippen LogP contribution < -0.4 is 0 Å². The van der Waals surface area contributed by atoms with Gasteiger partial charge in [-0.1, -0.05) is 36.4 Å². The Labute approximate surface area is 96.5 Å². The van der Waals surface area contributed by atoms with E-state index in [2.05, 4.69) is 30.3 Å². The number of allylic oxidation sites excluding steroid dienone is 4. The van der Waals surface area contributed by atoms with E-state index in [9.17, 15) is 4.79 Å². The zero-order chi connectivity index (χ0) is 11.2. The third-order valence-electron chi connectivity index (χ3n) is 2.99. The Bertz CT molecular complexity index is 427. The van der Waals surface area contributed by atoms with Crippen LogP contribution in [0.4, 0.5) is 0 Å². The average Bonchev–Trinajstić information content (AvgIpc) is 2.52. The van der Waals surface area contributed by atoms with Gasteiger partial charge in [0.25, 0.3) is 0 Å². The third-order valence-corrected chi connectivity index (χ3v) is 2.99. The van der Waals surface area contributed by atoms with Gasteiger partial charge in [-0.25, -0.2) is 0 Å². The number of rotatable bonds is 2. The van der Waals surface area contributed by atoms with Crippen molar-refractivity contribution in [3.8, 4) is 0 Å². The minimum Gasteiger partial charge on any atom is -0.299 e. The number of aryl methyl sites for hydroxylation is 1. The lowest BCUT2D eigenvalue weighted by atomic mass is 9.98. The highest BCUT2D eigenvalue weighted by atomic mass is 16.1. The van der Waals surface area contributed by atoms with Crippen molar-refractivity contribution in [2.45, 2.75) is 25.7 Å². The van der Waals surface area contributed by atoms with Crippen molar-refractivity contribution in [3.63, 3.8) is 0 Å². The predicted molar refractivity (Wildman–Crippen MR) is 67.2 cm³/mol. The molecule has 2 rings (SSSR count). The molecule has 0 aromatic heterocycles. The molecule has 0 bridgehead atoms. The summed E-state index contributed by atoms with van der Waals surface area (Å²) in [4.78, 5) is 10.2. The summed E-state index contributed by atoms with van der Waals surface area (Å²) in [5.74, 6) is 0. The predicted octanol–water partition coefficient (Wildman–Crippen LogP) is 3.55. The van der Waals surface area contributed by atoms with E-state index in [-0.39, 0.29) is 0 Å². The van der Waals surface area contributed by atoms with Crippen LogP contribution in [-0.2, 0) is 11.2 Å². The molecule has 1 aromatic carbocycles. The van der Waals surface area contributed by atoms with Crippen LogP contribution in [0.2, 0.25) is 0 Å². The Morgan fingerprint density at radius 3 is 2.69 bits per heavy atom. The van der Waals surface area contributed by atoms with Crippen LogP contribution in [0.15, 0.2) is 42.5 Å². The molecule has 1 heteroatoms. The molecule has 0 aliphatic heterocycles. The number of hydrogen-bond acceptors (Lipinski definition) is 1. The monoisotopic (exact) mass is 212 g/mol. The van der Waals surface area contributed by atoms with Gasteiger partial charge in [-0.15, -0.1) is 0 Å². The number of carbonyl (C=O) groups excluding carboxylic acids is 1. The van der Waals surface area contributed by atoms with E-state index >= 15 is 0 Å². The molecule has 0 atom stereocenters. The van der Waals surface area contributed by atoms with Crippen LogP contribution in [0.1, 0.15) is 30.4 Å². The summed E-state index contributed by atoms with van der Waals surface area (Å²) in [7, 11) is 0. The van der Waals surface area contributed by atoms with Crippen molar-refractivity contribution in [2.75, 3.05) is 0 Å². The fraction of sp³-hybridized carbons (Fsp3) is 0.267. The molecule has 82 valence electrons. The van der Waals surface area contributed by atoms with Crippen molar-refractivity contribution in [1.82, 2.24) is 0 Å². The number of benzene rings is 1. The minimum atomic E-state index is 0.819. The van der Waals surface area contributed by atoms with E-state index in [1.54, 1.807) is 6.08 Å². The van der Waals surface area contributed by atoms with E-state index in [1.165, 1.54) is 36.0 Å². The maximum Gasteiger partial charge on any atom is 0.142 e. The van der Waals surface area contributed by atoms with Crippen molar-refractivity contribution in [3.05, 3.63) is 53.6 Å². The van der Waals surface area contributed by atoms with Gasteiger partial charge < -0.3 is 0 Å². The van der Waals surface area contributed by atoms with Crippen molar-refractivity contribution >= 4 is 11.9 Å². The number of aldehydes is 1. The highest BCUT2D eigenvalue weighted by Crippen LogP contribution is 2.29. The fourth-order valence-electron chi connectivity index (χ4n) is 2.21. The molecular formula is C15H16O. The normalized spacial score (nSPS) is 18.4. The average molecular weight is 212 g/mol. The molecule has 0 N–H and O–H groups in total. The van der Waals surface area contributed by atoms with Gasteiger partial charge in [0.15, 0.2) is 0 Å². The van der Waals surface area contributed by atoms with Crippen LogP contribution >= 0.6 is 0 Å². The first kappa shape index (κ1) is 10.9. The van der Waals surface area contributed by atoms with Crippen LogP contribution in [0.5, 0.6) is 0 Å². The highest BCUT2D eigenvalue weighted by molar-refractivity contribution is 5.72. The van der Waals surface area contributed by atoms with Gasteiger partial charge in [-0.05, 0) is 48.5 Å². The topological polar surface area (TPSA) is 17.1 Å². The Balaban J connectivity index is 2.35. The summed E-state index contributed by atoms with van der Waals surface area (Å²) >= 11 is 0. The summed E-state index contributed by atoms with van der Waals surface area (Å²) in [5.41, 5.74) is 4.15. The molecule has 16 heavy (non-hydrogen) atoms. The van der Waals surface area contributed by atoms with Crippen molar-refractivity contribution in [2.24, 2.45) is 0 Å². The lowest BCUT2D eigenvalue weighted by Gasteiger charge is -2.07. The Hall–Kier alpha value is -1.63. The van der Waals surface area contributed by atoms with Gasteiger partial charge in [0.05, 0.1) is 0 Å². The van der Waals surface area contributed by atoms with E-state index in [1.807, 2.05) is 6.08 Å². The van der Waals surface area contributed by atoms with E-state index in [4.69, 9.17) is 0 Å². The van der Waals surface area contributed by atoms with Crippen LogP contribution in [0.25, 0.3) is 5.57 Å². The second kappa shape index (κ2) is 5.45. The summed E-state index contributed by atoms with van der Waals surface area (Å²) in [6, 6.07) is 8.57. The summed E-state index contributed by atoms with van der Waals surface area (Å²) in [6.07, 6.45) is 11.0. The van der Waals surface area contributed by atoms with Gasteiger partial charge in [0.1, 0.15) is 6.29 Å². The molecule has 0 spiro atoms. The lowest BCUT2D eigenvalue weighted by molar-refractivity contribution is -0.104. The van der Waals surface area contributed by atoms with Gasteiger partial charge in [0, 0.05) is 0 Å². The highest BCUT2D eigenvalue weighted by Gasteiger charge is 2.10. The van der Waals surface area contributed by atoms with Gasteiger partial charge in [0.2, 0.25) is 0 Å². The first-order valence-corrected chi connectivity index (χ1v) is 5.81. The molecule has 0 heterocycles. The second-order valence-corrected chi connectivity index (χ2v) is 4.08. The van der Waals surface area contributed by atoms with Gasteiger partial charge in [-0.2, -0.15) is 0 Å². The molecule has 0 unspecified atom stereocenters. The fourth-order valence-corrected chi connectivity index (χ4v) is 2.21. The summed E-state index contributed by atoms with van der Waals surface area (Å²) < 4.78 is 0. The zero-order valence-electron chi connectivity index (χ0n) is 9.36. The largest absolute Gasteiger partial charge is 0.299 e. The molecule has 0 amide bonds. The lowest BCUT2D eigenvalue weighted by Crippen LogP contribution is -1.88. The SMILES string of the molecule is O=C/C=C/C=C1\CCCCc2ccccc21. The molecule has 0 fully saturated rings. The van der Waals surface area contributed by atoms with Crippen LogP contribution in [0.3, 0.4) is 0 Å². The van der Waals surface area contributed by atoms with Crippen molar-refractivity contribution in [1.29, 1.82) is 0 Å². The standard InChI is InChI=1S/C15H16O/c16-12-6-5-10-14-8-2-1-7-13-9-3-4-11-15(13)14/h3-6,9-12H,1-2,7-8H2/b6-5+,14-10+. The van der Waals surface area contributed by atoms with E-state index in [0.717, 1.165) is 12.7 Å². The number of fused-ring (bicyclic) bond motifs is 1. The molecule has 1 aliphatic rings. The number of hydrogen-bond donors (Lipinski definition) is 0. The van der Waals surface area contributed by atoms with Crippen LogP contribution in [0, 0.1) is 0 Å². The third kappa shape index (κ3) is 2.48. The summed E-state index contributed by atoms with van der Waals surface area (Å²) in [5, 5.41) is 0. The van der Waals surface area contributed by atoms with Gasteiger partial charge in [-0.3, -0.25) is 4.79 Å². The molecule has 0 saturated carbocycles. The first-order chi connectivity index (χ1) is 7.92. The maximum absolute atomic E-state index is 10.2. The Morgan fingerprint density at radius 2 is 1.81 bits per heavy atom. The molecule has 0 radical (unpaired) electrons. The molecule has 1 aromatic rings. The van der Waals surface area contributed by atoms with E-state index < -0.39 is 0 Å². The zero-order valence-corrected chi connectivity index (χ0v) is 9.36. The Morgan fingerprint density at radius 1 is 1.00 bits per heavy atom. The molecule has 1 aliphatic carbocycles. The smallest absolute Gasteiger partial charge is 0.142 e. The quantitative estimate of drug-likeness (QED) is 0.416. The first-order valence-electron chi connectivity index (χ1n) is 5.81. The maximum atomic E-state index is 10.2. The number of carbonyl (C=O) groups is 1. The Kier molecular flexibility index (Phi) is 3.71.